The lowest BCUT2D eigenvalue weighted by Gasteiger charge is -2.36. The molecule has 4 rings (SSSR count). The van der Waals surface area contributed by atoms with Gasteiger partial charge < -0.3 is 9.64 Å². The highest BCUT2D eigenvalue weighted by molar-refractivity contribution is 5.94. The highest BCUT2D eigenvalue weighted by Crippen LogP contribution is 2.26. The van der Waals surface area contributed by atoms with Crippen LogP contribution >= 0.6 is 0 Å². The van der Waals surface area contributed by atoms with Crippen LogP contribution in [0.15, 0.2) is 54.6 Å². The first-order valence-corrected chi connectivity index (χ1v) is 9.66. The van der Waals surface area contributed by atoms with Gasteiger partial charge in [0.1, 0.15) is 11.5 Å². The summed E-state index contributed by atoms with van der Waals surface area (Å²) >= 11 is 0. The number of rotatable bonds is 4. The average molecular weight is 350 g/mol. The molecule has 1 saturated carbocycles. The number of carbonyl (C=O) groups excluding carboxylic acids is 1. The molecule has 0 atom stereocenters. The molecule has 1 aliphatic heterocycles. The Balaban J connectivity index is 1.36. The molecule has 136 valence electrons. The fourth-order valence-corrected chi connectivity index (χ4v) is 3.73. The maximum absolute atomic E-state index is 12.8. The Morgan fingerprint density at radius 1 is 0.808 bits per heavy atom. The van der Waals surface area contributed by atoms with E-state index in [0.29, 0.717) is 0 Å². The van der Waals surface area contributed by atoms with Gasteiger partial charge in [-0.2, -0.15) is 0 Å². The maximum atomic E-state index is 12.8. The van der Waals surface area contributed by atoms with Gasteiger partial charge in [-0.3, -0.25) is 9.69 Å². The Morgan fingerprint density at radius 2 is 1.54 bits per heavy atom. The molecule has 1 heterocycles. The molecule has 0 radical (unpaired) electrons. The normalized spacial score (nSPS) is 18.8. The summed E-state index contributed by atoms with van der Waals surface area (Å²) in [5.41, 5.74) is 0.738. The van der Waals surface area contributed by atoms with Crippen molar-refractivity contribution in [3.8, 4) is 11.5 Å². The number of amides is 1. The number of nitrogens with zero attached hydrogens (tertiary/aromatic N) is 2. The predicted molar refractivity (Wildman–Crippen MR) is 103 cm³/mol. The first kappa shape index (κ1) is 17.1. The molecule has 1 saturated heterocycles. The van der Waals surface area contributed by atoms with Crippen LogP contribution in [0.2, 0.25) is 0 Å². The number of ether oxygens (including phenoxy) is 1. The van der Waals surface area contributed by atoms with Gasteiger partial charge in [0.2, 0.25) is 0 Å². The molecule has 1 aliphatic carbocycles. The van der Waals surface area contributed by atoms with Gasteiger partial charge in [-0.15, -0.1) is 0 Å². The predicted octanol–water partition coefficient (Wildman–Crippen LogP) is 4.18. The minimum atomic E-state index is 0.131. The van der Waals surface area contributed by atoms with E-state index in [1.54, 1.807) is 0 Å². The summed E-state index contributed by atoms with van der Waals surface area (Å²) in [4.78, 5) is 17.4. The van der Waals surface area contributed by atoms with Gasteiger partial charge in [0.15, 0.2) is 0 Å². The Kier molecular flexibility index (Phi) is 5.21. The quantitative estimate of drug-likeness (QED) is 0.829. The molecule has 26 heavy (non-hydrogen) atoms. The van der Waals surface area contributed by atoms with Crippen molar-refractivity contribution in [2.75, 3.05) is 26.2 Å². The second kappa shape index (κ2) is 7.92. The second-order valence-electron chi connectivity index (χ2n) is 7.21. The molecular weight excluding hydrogens is 324 g/mol. The zero-order valence-corrected chi connectivity index (χ0v) is 15.1. The van der Waals surface area contributed by atoms with E-state index in [0.717, 1.165) is 55.7 Å². The zero-order valence-electron chi connectivity index (χ0n) is 15.1. The van der Waals surface area contributed by atoms with Crippen LogP contribution in [0, 0.1) is 0 Å². The lowest BCUT2D eigenvalue weighted by atomic mass is 9.91. The van der Waals surface area contributed by atoms with E-state index in [1.807, 2.05) is 59.5 Å². The molecule has 0 N–H and O–H groups in total. The molecule has 0 unspecified atom stereocenters. The summed E-state index contributed by atoms with van der Waals surface area (Å²) in [7, 11) is 0. The van der Waals surface area contributed by atoms with Gasteiger partial charge in [-0.1, -0.05) is 24.6 Å². The van der Waals surface area contributed by atoms with Crippen molar-refractivity contribution in [2.24, 2.45) is 0 Å². The monoisotopic (exact) mass is 350 g/mol. The minimum Gasteiger partial charge on any atom is -0.457 e. The fourth-order valence-electron chi connectivity index (χ4n) is 3.73. The third-order valence-electron chi connectivity index (χ3n) is 5.49. The van der Waals surface area contributed by atoms with Gasteiger partial charge in [-0.25, -0.2) is 0 Å². The molecule has 4 heteroatoms. The van der Waals surface area contributed by atoms with Crippen molar-refractivity contribution in [1.29, 1.82) is 0 Å². The van der Waals surface area contributed by atoms with Gasteiger partial charge >= 0.3 is 0 Å². The van der Waals surface area contributed by atoms with E-state index in [2.05, 4.69) is 4.90 Å². The van der Waals surface area contributed by atoms with Crippen LogP contribution in [-0.4, -0.2) is 47.9 Å². The summed E-state index contributed by atoms with van der Waals surface area (Å²) in [6.07, 6.45) is 5.09. The molecule has 2 aromatic rings. The number of benzene rings is 2. The molecule has 2 aromatic carbocycles. The molecule has 1 amide bonds. The van der Waals surface area contributed by atoms with Crippen LogP contribution < -0.4 is 4.74 Å². The molecule has 0 bridgehead atoms. The molecule has 4 nitrogen and oxygen atoms in total. The summed E-state index contributed by atoms with van der Waals surface area (Å²) in [6.45, 7) is 3.81. The molecule has 0 spiro atoms. The van der Waals surface area contributed by atoms with E-state index < -0.39 is 0 Å². The van der Waals surface area contributed by atoms with Gasteiger partial charge in [0.05, 0.1) is 0 Å². The van der Waals surface area contributed by atoms with Crippen molar-refractivity contribution in [3.63, 3.8) is 0 Å². The lowest BCUT2D eigenvalue weighted by Crippen LogP contribution is -2.42. The van der Waals surface area contributed by atoms with Crippen LogP contribution in [0.3, 0.4) is 0 Å². The molecule has 2 fully saturated rings. The number of para-hydroxylation sites is 1. The molecule has 2 aliphatic rings. The van der Waals surface area contributed by atoms with Gasteiger partial charge in [0.25, 0.3) is 5.91 Å². The minimum absolute atomic E-state index is 0.131. The largest absolute Gasteiger partial charge is 0.457 e. The van der Waals surface area contributed by atoms with E-state index in [4.69, 9.17) is 4.74 Å². The highest BCUT2D eigenvalue weighted by atomic mass is 16.5. The Labute approximate surface area is 155 Å². The van der Waals surface area contributed by atoms with Crippen molar-refractivity contribution in [3.05, 3.63) is 60.2 Å². The van der Waals surface area contributed by atoms with Crippen molar-refractivity contribution >= 4 is 5.91 Å². The van der Waals surface area contributed by atoms with Crippen LogP contribution in [0.25, 0.3) is 0 Å². The zero-order chi connectivity index (χ0) is 17.8. The summed E-state index contributed by atoms with van der Waals surface area (Å²) in [5.74, 6) is 1.68. The van der Waals surface area contributed by atoms with E-state index in [9.17, 15) is 4.79 Å². The smallest absolute Gasteiger partial charge is 0.253 e. The fraction of sp³-hybridized carbons (Fsp3) is 0.409. The Morgan fingerprint density at radius 3 is 2.23 bits per heavy atom. The van der Waals surface area contributed by atoms with Gasteiger partial charge in [-0.05, 0) is 55.7 Å². The van der Waals surface area contributed by atoms with E-state index in [1.165, 1.54) is 19.3 Å². The van der Waals surface area contributed by atoms with E-state index >= 15 is 0 Å². The Hall–Kier alpha value is -2.33. The van der Waals surface area contributed by atoms with Crippen molar-refractivity contribution in [1.82, 2.24) is 9.80 Å². The number of hydrogen-bond donors (Lipinski definition) is 0. The van der Waals surface area contributed by atoms with Crippen molar-refractivity contribution < 1.29 is 9.53 Å². The topological polar surface area (TPSA) is 32.8 Å². The Bertz CT molecular complexity index is 726. The molecular formula is C22H26N2O2. The summed E-state index contributed by atoms with van der Waals surface area (Å²) < 4.78 is 5.81. The van der Waals surface area contributed by atoms with Crippen LogP contribution in [0.4, 0.5) is 0 Å². The average Bonchev–Trinajstić information content (AvgIpc) is 2.87. The first-order valence-electron chi connectivity index (χ1n) is 9.66. The van der Waals surface area contributed by atoms with Crippen LogP contribution in [-0.2, 0) is 0 Å². The standard InChI is InChI=1S/C22H26N2O2/c25-22(24-15-5-14-23(16-17-24)19-6-4-7-19)18-10-12-21(13-11-18)26-20-8-2-1-3-9-20/h1-3,8-13,19H,4-7,14-17H2. The second-order valence-corrected chi connectivity index (χ2v) is 7.21. The number of hydrogen-bond acceptors (Lipinski definition) is 3. The van der Waals surface area contributed by atoms with E-state index in [-0.39, 0.29) is 5.91 Å². The third kappa shape index (κ3) is 3.91. The van der Waals surface area contributed by atoms with Crippen LogP contribution in [0.5, 0.6) is 11.5 Å². The summed E-state index contributed by atoms with van der Waals surface area (Å²) in [6, 6.07) is 17.9. The highest BCUT2D eigenvalue weighted by Gasteiger charge is 2.27. The van der Waals surface area contributed by atoms with Crippen molar-refractivity contribution in [2.45, 2.75) is 31.7 Å². The summed E-state index contributed by atoms with van der Waals surface area (Å²) in [5, 5.41) is 0. The van der Waals surface area contributed by atoms with Crippen LogP contribution in [0.1, 0.15) is 36.0 Å². The maximum Gasteiger partial charge on any atom is 0.253 e. The number of carbonyl (C=O) groups is 1. The van der Waals surface area contributed by atoms with Gasteiger partial charge in [0, 0.05) is 37.8 Å². The first-order chi connectivity index (χ1) is 12.8. The lowest BCUT2D eigenvalue weighted by molar-refractivity contribution is 0.0749. The SMILES string of the molecule is O=C(c1ccc(Oc2ccccc2)cc1)N1CCCN(C2CCC2)CC1. The molecule has 0 aromatic heterocycles. The third-order valence-corrected chi connectivity index (χ3v) is 5.49.